The first-order valence-electron chi connectivity index (χ1n) is 10.4. The fourth-order valence-corrected chi connectivity index (χ4v) is 4.22. The SMILES string of the molecule is COc1ccc(NC(=O)C(C)(CO)OC(N)=O)cc1NS(=O)(=O)c1ccc(-c2ccc(C)o2)c(F)c1. The molecule has 3 rings (SSSR count). The van der Waals surface area contributed by atoms with Crippen molar-refractivity contribution in [1.82, 2.24) is 0 Å². The molecule has 0 saturated carbocycles. The zero-order valence-electron chi connectivity index (χ0n) is 19.5. The van der Waals surface area contributed by atoms with Crippen LogP contribution in [0.3, 0.4) is 0 Å². The van der Waals surface area contributed by atoms with Gasteiger partial charge in [0.25, 0.3) is 15.9 Å². The Morgan fingerprint density at radius 3 is 2.44 bits per heavy atom. The zero-order valence-corrected chi connectivity index (χ0v) is 20.3. The number of halogens is 1. The number of amides is 2. The van der Waals surface area contributed by atoms with E-state index in [4.69, 9.17) is 14.9 Å². The molecular formula is C23H24FN3O8S. The Morgan fingerprint density at radius 1 is 1.17 bits per heavy atom. The van der Waals surface area contributed by atoms with Gasteiger partial charge in [0.2, 0.25) is 5.60 Å². The van der Waals surface area contributed by atoms with Gasteiger partial charge in [0, 0.05) is 5.69 Å². The smallest absolute Gasteiger partial charge is 0.405 e. The van der Waals surface area contributed by atoms with Gasteiger partial charge in [-0.15, -0.1) is 0 Å². The van der Waals surface area contributed by atoms with Gasteiger partial charge in [0.15, 0.2) is 0 Å². The molecule has 0 bridgehead atoms. The number of rotatable bonds is 9. The van der Waals surface area contributed by atoms with Crippen molar-refractivity contribution in [2.75, 3.05) is 23.8 Å². The number of furan rings is 1. The molecule has 0 aliphatic rings. The third-order valence-corrected chi connectivity index (χ3v) is 6.43. The maximum Gasteiger partial charge on any atom is 0.405 e. The summed E-state index contributed by atoms with van der Waals surface area (Å²) in [6, 6.07) is 10.5. The van der Waals surface area contributed by atoms with Crippen LogP contribution in [-0.2, 0) is 19.6 Å². The molecule has 11 nitrogen and oxygen atoms in total. The van der Waals surface area contributed by atoms with Gasteiger partial charge in [-0.25, -0.2) is 17.6 Å². The van der Waals surface area contributed by atoms with Crippen LogP contribution in [0.5, 0.6) is 5.75 Å². The van der Waals surface area contributed by atoms with E-state index in [-0.39, 0.29) is 33.3 Å². The molecule has 0 aliphatic heterocycles. The normalized spacial score (nSPS) is 12.9. The fourth-order valence-electron chi connectivity index (χ4n) is 3.15. The second kappa shape index (κ2) is 10.3. The van der Waals surface area contributed by atoms with Crippen LogP contribution in [0.25, 0.3) is 11.3 Å². The van der Waals surface area contributed by atoms with Crippen LogP contribution in [0.2, 0.25) is 0 Å². The molecule has 0 radical (unpaired) electrons. The molecule has 192 valence electrons. The third-order valence-electron chi connectivity index (χ3n) is 5.07. The van der Waals surface area contributed by atoms with Gasteiger partial charge < -0.3 is 30.0 Å². The highest BCUT2D eigenvalue weighted by Gasteiger charge is 2.36. The molecule has 0 spiro atoms. The lowest BCUT2D eigenvalue weighted by atomic mass is 10.1. The number of nitrogens with one attached hydrogen (secondary N) is 2. The van der Waals surface area contributed by atoms with E-state index in [1.54, 1.807) is 19.1 Å². The van der Waals surface area contributed by atoms with Gasteiger partial charge in [0.05, 0.1) is 29.9 Å². The van der Waals surface area contributed by atoms with Crippen LogP contribution >= 0.6 is 0 Å². The van der Waals surface area contributed by atoms with Gasteiger partial charge in [-0.2, -0.15) is 0 Å². The van der Waals surface area contributed by atoms with E-state index in [1.807, 2.05) is 0 Å². The fraction of sp³-hybridized carbons (Fsp3) is 0.217. The number of hydrogen-bond acceptors (Lipinski definition) is 8. The quantitative estimate of drug-likeness (QED) is 0.333. The van der Waals surface area contributed by atoms with E-state index in [9.17, 15) is 27.5 Å². The van der Waals surface area contributed by atoms with E-state index < -0.39 is 40.0 Å². The van der Waals surface area contributed by atoms with Gasteiger partial charge >= 0.3 is 6.09 Å². The summed E-state index contributed by atoms with van der Waals surface area (Å²) < 4.78 is 58.2. The molecule has 13 heteroatoms. The topological polar surface area (TPSA) is 170 Å². The van der Waals surface area contributed by atoms with Crippen molar-refractivity contribution in [3.8, 4) is 17.1 Å². The molecular weight excluding hydrogens is 497 g/mol. The van der Waals surface area contributed by atoms with Crippen LogP contribution in [0.15, 0.2) is 57.8 Å². The lowest BCUT2D eigenvalue weighted by molar-refractivity contribution is -0.136. The lowest BCUT2D eigenvalue weighted by Crippen LogP contribution is -2.48. The molecule has 2 amide bonds. The van der Waals surface area contributed by atoms with Crippen molar-refractivity contribution in [3.63, 3.8) is 0 Å². The van der Waals surface area contributed by atoms with Crippen LogP contribution in [0, 0.1) is 12.7 Å². The summed E-state index contributed by atoms with van der Waals surface area (Å²) in [5.74, 6) is -0.811. The maximum absolute atomic E-state index is 14.7. The zero-order chi connectivity index (χ0) is 26.7. The summed E-state index contributed by atoms with van der Waals surface area (Å²) in [6.07, 6.45) is -1.27. The number of aliphatic hydroxyl groups excluding tert-OH is 1. The minimum atomic E-state index is -4.30. The second-order valence-corrected chi connectivity index (χ2v) is 9.52. The number of aliphatic hydroxyl groups is 1. The number of primary amides is 1. The summed E-state index contributed by atoms with van der Waals surface area (Å²) in [5.41, 5.74) is 3.04. The first-order valence-corrected chi connectivity index (χ1v) is 11.8. The van der Waals surface area contributed by atoms with E-state index in [0.717, 1.165) is 13.0 Å². The molecule has 1 aromatic heterocycles. The predicted octanol–water partition coefficient (Wildman–Crippen LogP) is 2.99. The second-order valence-electron chi connectivity index (χ2n) is 7.84. The monoisotopic (exact) mass is 521 g/mol. The summed E-state index contributed by atoms with van der Waals surface area (Å²) >= 11 is 0. The molecule has 5 N–H and O–H groups in total. The average Bonchev–Trinajstić information content (AvgIpc) is 3.24. The number of carbonyl (C=O) groups excluding carboxylic acids is 2. The number of benzene rings is 2. The number of sulfonamides is 1. The molecule has 0 saturated heterocycles. The van der Waals surface area contributed by atoms with E-state index >= 15 is 0 Å². The maximum atomic E-state index is 14.7. The molecule has 1 heterocycles. The molecule has 2 aromatic carbocycles. The summed E-state index contributed by atoms with van der Waals surface area (Å²) in [5, 5.41) is 11.9. The number of anilines is 2. The third kappa shape index (κ3) is 5.75. The standard InChI is InChI=1S/C23H24FN3O8S/c1-13-4-8-19(34-13)16-7-6-15(11-17(16)24)36(31,32)27-18-10-14(5-9-20(18)33-3)26-21(29)23(2,12-28)35-22(25)30/h4-11,27-28H,12H2,1-3H3,(H2,25,30)(H,26,29). The average molecular weight is 522 g/mol. The Kier molecular flexibility index (Phi) is 7.55. The van der Waals surface area contributed by atoms with Crippen molar-refractivity contribution >= 4 is 33.4 Å². The molecule has 0 aliphatic carbocycles. The summed E-state index contributed by atoms with van der Waals surface area (Å²) in [7, 11) is -3.00. The Hall–Kier alpha value is -4.10. The summed E-state index contributed by atoms with van der Waals surface area (Å²) in [4.78, 5) is 23.2. The largest absolute Gasteiger partial charge is 0.495 e. The molecule has 36 heavy (non-hydrogen) atoms. The highest BCUT2D eigenvalue weighted by Crippen LogP contribution is 2.32. The van der Waals surface area contributed by atoms with E-state index in [0.29, 0.717) is 5.76 Å². The number of methoxy groups -OCH3 is 1. The van der Waals surface area contributed by atoms with E-state index in [2.05, 4.69) is 14.8 Å². The number of aryl methyl sites for hydroxylation is 1. The number of ether oxygens (including phenoxy) is 2. The van der Waals surface area contributed by atoms with Crippen LogP contribution in [0.1, 0.15) is 12.7 Å². The number of carbonyl (C=O) groups is 2. The van der Waals surface area contributed by atoms with Gasteiger partial charge in [-0.05, 0) is 62.4 Å². The summed E-state index contributed by atoms with van der Waals surface area (Å²) in [6.45, 7) is 1.97. The molecule has 1 unspecified atom stereocenters. The predicted molar refractivity (Wildman–Crippen MR) is 127 cm³/mol. The molecule has 0 fully saturated rings. The first kappa shape index (κ1) is 26.5. The van der Waals surface area contributed by atoms with Crippen molar-refractivity contribution in [3.05, 3.63) is 60.1 Å². The highest BCUT2D eigenvalue weighted by atomic mass is 32.2. The Bertz CT molecular complexity index is 1410. The Balaban J connectivity index is 1.88. The Morgan fingerprint density at radius 2 is 1.89 bits per heavy atom. The van der Waals surface area contributed by atoms with Gasteiger partial charge in [-0.1, -0.05) is 0 Å². The van der Waals surface area contributed by atoms with Gasteiger partial charge in [0.1, 0.15) is 23.1 Å². The molecule has 1 atom stereocenters. The van der Waals surface area contributed by atoms with E-state index in [1.165, 1.54) is 37.4 Å². The van der Waals surface area contributed by atoms with Crippen LogP contribution < -0.4 is 20.5 Å². The highest BCUT2D eigenvalue weighted by molar-refractivity contribution is 7.92. The van der Waals surface area contributed by atoms with Crippen LogP contribution in [0.4, 0.5) is 20.6 Å². The lowest BCUT2D eigenvalue weighted by Gasteiger charge is -2.25. The van der Waals surface area contributed by atoms with Crippen molar-refractivity contribution in [2.45, 2.75) is 24.3 Å². The molecule has 3 aromatic rings. The minimum absolute atomic E-state index is 0.0703. The minimum Gasteiger partial charge on any atom is -0.495 e. The number of nitrogens with two attached hydrogens (primary N) is 1. The Labute approximate surface area is 206 Å². The van der Waals surface area contributed by atoms with Crippen LogP contribution in [-0.4, -0.2) is 44.8 Å². The first-order chi connectivity index (χ1) is 16.9. The van der Waals surface area contributed by atoms with Crippen molar-refractivity contribution in [2.24, 2.45) is 5.73 Å². The van der Waals surface area contributed by atoms with Crippen molar-refractivity contribution < 1.29 is 41.4 Å². The number of hydrogen-bond donors (Lipinski definition) is 4. The van der Waals surface area contributed by atoms with Gasteiger partial charge in [-0.3, -0.25) is 9.52 Å². The van der Waals surface area contributed by atoms with Crippen molar-refractivity contribution in [1.29, 1.82) is 0 Å².